The van der Waals surface area contributed by atoms with E-state index in [1.807, 2.05) is 0 Å². The van der Waals surface area contributed by atoms with E-state index in [4.69, 9.17) is 9.47 Å². The van der Waals surface area contributed by atoms with Crippen molar-refractivity contribution in [3.05, 3.63) is 47.9 Å². The molecule has 2 N–H and O–H groups in total. The molecule has 0 fully saturated rings. The number of hydrogen-bond acceptors (Lipinski definition) is 5. The molecule has 136 valence electrons. The molecule has 1 atom stereocenters. The zero-order valence-electron chi connectivity index (χ0n) is 14.1. The molecule has 3 rings (SSSR count). The fourth-order valence-electron chi connectivity index (χ4n) is 2.75. The van der Waals surface area contributed by atoms with Gasteiger partial charge in [0.15, 0.2) is 0 Å². The van der Waals surface area contributed by atoms with Crippen LogP contribution in [0.25, 0.3) is 0 Å². The third-order valence-corrected chi connectivity index (χ3v) is 3.97. The van der Waals surface area contributed by atoms with Crippen LogP contribution in [0.5, 0.6) is 11.6 Å². The van der Waals surface area contributed by atoms with Crippen LogP contribution in [0.15, 0.2) is 36.5 Å². The summed E-state index contributed by atoms with van der Waals surface area (Å²) in [6.45, 7) is 0.462. The second-order valence-electron chi connectivity index (χ2n) is 5.71. The van der Waals surface area contributed by atoms with Gasteiger partial charge in [-0.25, -0.2) is 9.37 Å². The van der Waals surface area contributed by atoms with Crippen molar-refractivity contribution in [3.63, 3.8) is 0 Å². The monoisotopic (exact) mass is 359 g/mol. The number of pyridine rings is 1. The van der Waals surface area contributed by atoms with Crippen molar-refractivity contribution in [3.8, 4) is 11.6 Å². The number of rotatable bonds is 3. The van der Waals surface area contributed by atoms with Crippen LogP contribution in [0.1, 0.15) is 24.4 Å². The molecule has 7 nitrogen and oxygen atoms in total. The van der Waals surface area contributed by atoms with Gasteiger partial charge in [-0.2, -0.15) is 0 Å². The van der Waals surface area contributed by atoms with Crippen molar-refractivity contribution in [2.75, 3.05) is 19.0 Å². The zero-order chi connectivity index (χ0) is 18.5. The van der Waals surface area contributed by atoms with Crippen LogP contribution in [-0.4, -0.2) is 30.5 Å². The Morgan fingerprint density at radius 3 is 2.96 bits per heavy atom. The summed E-state index contributed by atoms with van der Waals surface area (Å²) in [6, 6.07) is 6.80. The average molecular weight is 359 g/mol. The van der Waals surface area contributed by atoms with Crippen LogP contribution < -0.4 is 20.1 Å². The number of fused-ring (bicyclic) bond motifs is 1. The second kappa shape index (κ2) is 7.81. The number of aromatic nitrogens is 1. The van der Waals surface area contributed by atoms with Gasteiger partial charge in [-0.1, -0.05) is 0 Å². The molecule has 2 amide bonds. The van der Waals surface area contributed by atoms with E-state index < -0.39 is 23.7 Å². The Balaban J connectivity index is 1.73. The lowest BCUT2D eigenvalue weighted by Gasteiger charge is -2.18. The third-order valence-electron chi connectivity index (χ3n) is 3.97. The number of ether oxygens (including phenoxy) is 2. The highest BCUT2D eigenvalue weighted by molar-refractivity contribution is 6.39. The molecule has 1 aliphatic rings. The number of nitrogens with zero attached hydrogens (tertiary/aromatic N) is 1. The lowest BCUT2D eigenvalue weighted by molar-refractivity contribution is -0.136. The summed E-state index contributed by atoms with van der Waals surface area (Å²) in [4.78, 5) is 28.5. The van der Waals surface area contributed by atoms with Crippen molar-refractivity contribution in [2.45, 2.75) is 18.9 Å². The van der Waals surface area contributed by atoms with Gasteiger partial charge in [-0.3, -0.25) is 9.59 Å². The summed E-state index contributed by atoms with van der Waals surface area (Å²) < 4.78 is 24.2. The summed E-state index contributed by atoms with van der Waals surface area (Å²) in [6.07, 6.45) is 2.70. The predicted molar refractivity (Wildman–Crippen MR) is 91.4 cm³/mol. The van der Waals surface area contributed by atoms with Crippen molar-refractivity contribution in [2.24, 2.45) is 0 Å². The van der Waals surface area contributed by atoms with Crippen LogP contribution in [0.2, 0.25) is 0 Å². The number of amides is 2. The lowest BCUT2D eigenvalue weighted by atomic mass is 10.0. The van der Waals surface area contributed by atoms with Crippen LogP contribution in [0, 0.1) is 5.82 Å². The Hall–Kier alpha value is -3.16. The molecule has 2 heterocycles. The Bertz CT molecular complexity index is 828. The summed E-state index contributed by atoms with van der Waals surface area (Å²) >= 11 is 0. The van der Waals surface area contributed by atoms with Gasteiger partial charge in [0.1, 0.15) is 17.3 Å². The van der Waals surface area contributed by atoms with Gasteiger partial charge in [-0.15, -0.1) is 0 Å². The molecular weight excluding hydrogens is 341 g/mol. The number of benzene rings is 1. The van der Waals surface area contributed by atoms with Crippen molar-refractivity contribution in [1.82, 2.24) is 10.3 Å². The quantitative estimate of drug-likeness (QED) is 0.820. The number of hydrogen-bond donors (Lipinski definition) is 2. The third kappa shape index (κ3) is 3.90. The standard InChI is InChI=1S/C18H18FN3O4/c1-25-18-14(4-2-8-20-18)22-17(24)16(23)21-13-5-3-9-26-15-7-6-11(19)10-12(13)15/h2,4,6-8,10,13H,3,5,9H2,1H3,(H,21,23)(H,22,24). The highest BCUT2D eigenvalue weighted by Crippen LogP contribution is 2.32. The number of nitrogens with one attached hydrogen (secondary N) is 2. The van der Waals surface area contributed by atoms with E-state index in [0.717, 1.165) is 0 Å². The molecule has 0 saturated carbocycles. The average Bonchev–Trinajstić information content (AvgIpc) is 2.84. The highest BCUT2D eigenvalue weighted by Gasteiger charge is 2.25. The highest BCUT2D eigenvalue weighted by atomic mass is 19.1. The van der Waals surface area contributed by atoms with Crippen LogP contribution in [0.4, 0.5) is 10.1 Å². The van der Waals surface area contributed by atoms with E-state index in [2.05, 4.69) is 15.6 Å². The Morgan fingerprint density at radius 2 is 2.15 bits per heavy atom. The minimum atomic E-state index is -0.862. The molecule has 0 bridgehead atoms. The molecule has 0 saturated heterocycles. The number of carbonyl (C=O) groups excluding carboxylic acids is 2. The van der Waals surface area contributed by atoms with Gasteiger partial charge in [-0.05, 0) is 43.2 Å². The SMILES string of the molecule is COc1ncccc1NC(=O)C(=O)NC1CCCOc2ccc(F)cc21. The topological polar surface area (TPSA) is 89.5 Å². The van der Waals surface area contributed by atoms with Gasteiger partial charge in [0, 0.05) is 11.8 Å². The first-order valence-corrected chi connectivity index (χ1v) is 8.11. The molecule has 1 aromatic heterocycles. The smallest absolute Gasteiger partial charge is 0.313 e. The van der Waals surface area contributed by atoms with Crippen LogP contribution >= 0.6 is 0 Å². The zero-order valence-corrected chi connectivity index (χ0v) is 14.1. The second-order valence-corrected chi connectivity index (χ2v) is 5.71. The van der Waals surface area contributed by atoms with Gasteiger partial charge in [0.2, 0.25) is 5.88 Å². The largest absolute Gasteiger partial charge is 0.493 e. The van der Waals surface area contributed by atoms with Gasteiger partial charge in [0.25, 0.3) is 0 Å². The van der Waals surface area contributed by atoms with E-state index in [1.54, 1.807) is 12.1 Å². The molecule has 1 aliphatic heterocycles. The fraction of sp³-hybridized carbons (Fsp3) is 0.278. The normalized spacial score (nSPS) is 15.8. The van der Waals surface area contributed by atoms with Gasteiger partial charge in [0.05, 0.1) is 19.8 Å². The maximum Gasteiger partial charge on any atom is 0.313 e. The first-order chi connectivity index (χ1) is 12.6. The maximum absolute atomic E-state index is 13.6. The maximum atomic E-state index is 13.6. The molecule has 1 aromatic carbocycles. The van der Waals surface area contributed by atoms with E-state index in [0.29, 0.717) is 30.8 Å². The fourth-order valence-corrected chi connectivity index (χ4v) is 2.75. The molecule has 0 radical (unpaired) electrons. The molecule has 26 heavy (non-hydrogen) atoms. The minimum absolute atomic E-state index is 0.198. The molecule has 0 aliphatic carbocycles. The van der Waals surface area contributed by atoms with Crippen LogP contribution in [-0.2, 0) is 9.59 Å². The predicted octanol–water partition coefficient (Wildman–Crippen LogP) is 2.20. The molecule has 1 unspecified atom stereocenters. The summed E-state index contributed by atoms with van der Waals surface area (Å²) in [7, 11) is 1.41. The molecule has 2 aromatic rings. The van der Waals surface area contributed by atoms with Crippen molar-refractivity contribution >= 4 is 17.5 Å². The lowest BCUT2D eigenvalue weighted by Crippen LogP contribution is -2.37. The first kappa shape index (κ1) is 17.7. The number of anilines is 1. The summed E-state index contributed by atoms with van der Waals surface area (Å²) in [5.41, 5.74) is 0.799. The molecular formula is C18H18FN3O4. The number of methoxy groups -OCH3 is 1. The Kier molecular flexibility index (Phi) is 5.31. The summed E-state index contributed by atoms with van der Waals surface area (Å²) in [5.74, 6) is -1.43. The molecule has 8 heteroatoms. The minimum Gasteiger partial charge on any atom is -0.493 e. The van der Waals surface area contributed by atoms with Crippen LogP contribution in [0.3, 0.4) is 0 Å². The van der Waals surface area contributed by atoms with E-state index >= 15 is 0 Å². The number of halogens is 1. The first-order valence-electron chi connectivity index (χ1n) is 8.11. The Labute approximate surface area is 149 Å². The van der Waals surface area contributed by atoms with Crippen molar-refractivity contribution in [1.29, 1.82) is 0 Å². The van der Waals surface area contributed by atoms with E-state index in [-0.39, 0.29) is 11.6 Å². The Morgan fingerprint density at radius 1 is 1.31 bits per heavy atom. The van der Waals surface area contributed by atoms with E-state index in [1.165, 1.54) is 31.5 Å². The molecule has 0 spiro atoms. The van der Waals surface area contributed by atoms with E-state index in [9.17, 15) is 14.0 Å². The number of carbonyl (C=O) groups is 2. The summed E-state index contributed by atoms with van der Waals surface area (Å²) in [5, 5.41) is 5.10. The van der Waals surface area contributed by atoms with Gasteiger partial charge >= 0.3 is 11.8 Å². The van der Waals surface area contributed by atoms with Gasteiger partial charge < -0.3 is 20.1 Å². The van der Waals surface area contributed by atoms with Crippen molar-refractivity contribution < 1.29 is 23.5 Å².